The van der Waals surface area contributed by atoms with Crippen LogP contribution in [0.3, 0.4) is 0 Å². The molecule has 0 aliphatic carbocycles. The average molecular weight is 341 g/mol. The lowest BCUT2D eigenvalue weighted by molar-refractivity contribution is 0.415. The number of nitrogens with zero attached hydrogens (tertiary/aromatic N) is 3. The Morgan fingerprint density at radius 2 is 1.58 bits per heavy atom. The van der Waals surface area contributed by atoms with Crippen LogP contribution in [0.4, 0.5) is 22.9 Å². The number of pyridine rings is 1. The molecule has 0 atom stereocenters. The van der Waals surface area contributed by atoms with Crippen LogP contribution in [-0.4, -0.2) is 12.1 Å². The summed E-state index contributed by atoms with van der Waals surface area (Å²) in [4.78, 5) is 4.23. The largest absolute Gasteiger partial charge is 0.497 e. The third-order valence-corrected chi connectivity index (χ3v) is 3.71. The minimum Gasteiger partial charge on any atom is -0.497 e. The number of rotatable bonds is 5. The van der Waals surface area contributed by atoms with E-state index >= 15 is 0 Å². The Hall–Kier alpha value is -4.03. The summed E-state index contributed by atoms with van der Waals surface area (Å²) < 4.78 is 5.14. The van der Waals surface area contributed by atoms with Crippen molar-refractivity contribution < 1.29 is 4.74 Å². The summed E-state index contributed by atoms with van der Waals surface area (Å²) in [6.07, 6.45) is 1.44. The summed E-state index contributed by atoms with van der Waals surface area (Å²) in [6, 6.07) is 20.8. The number of nitriles is 2. The molecule has 6 nitrogen and oxygen atoms in total. The zero-order valence-corrected chi connectivity index (χ0v) is 14.0. The molecule has 6 heteroatoms. The van der Waals surface area contributed by atoms with Crippen molar-refractivity contribution in [3.05, 3.63) is 71.9 Å². The first-order valence-corrected chi connectivity index (χ1v) is 7.81. The van der Waals surface area contributed by atoms with E-state index in [2.05, 4.69) is 27.8 Å². The number of hydrogen-bond acceptors (Lipinski definition) is 6. The highest BCUT2D eigenvalue weighted by Crippen LogP contribution is 2.30. The molecule has 126 valence electrons. The highest BCUT2D eigenvalue weighted by molar-refractivity contribution is 5.79. The maximum absolute atomic E-state index is 9.66. The second-order valence-electron chi connectivity index (χ2n) is 5.34. The number of methoxy groups -OCH3 is 1. The molecule has 1 heterocycles. The van der Waals surface area contributed by atoms with Crippen molar-refractivity contribution in [2.75, 3.05) is 17.7 Å². The van der Waals surface area contributed by atoms with Crippen LogP contribution in [0.5, 0.6) is 5.75 Å². The monoisotopic (exact) mass is 341 g/mol. The lowest BCUT2D eigenvalue weighted by atomic mass is 10.1. The Bertz CT molecular complexity index is 986. The molecule has 2 aromatic carbocycles. The standard InChI is InChI=1S/C20H15N5O/c1-26-17-9-7-16(8-10-17)25-20-18(12-22)19(14(11-21)13-23-20)24-15-5-3-2-4-6-15/h2-10,13H,1H3,(H2,23,24,25). The summed E-state index contributed by atoms with van der Waals surface area (Å²) in [6.45, 7) is 0. The topological polar surface area (TPSA) is 93.8 Å². The predicted molar refractivity (Wildman–Crippen MR) is 99.7 cm³/mol. The van der Waals surface area contributed by atoms with Crippen LogP contribution in [-0.2, 0) is 0 Å². The van der Waals surface area contributed by atoms with E-state index in [0.717, 1.165) is 17.1 Å². The Morgan fingerprint density at radius 3 is 2.19 bits per heavy atom. The molecule has 26 heavy (non-hydrogen) atoms. The van der Waals surface area contributed by atoms with E-state index in [-0.39, 0.29) is 5.56 Å². The molecule has 0 bridgehead atoms. The first-order chi connectivity index (χ1) is 12.7. The summed E-state index contributed by atoms with van der Waals surface area (Å²) in [5.74, 6) is 1.10. The zero-order chi connectivity index (χ0) is 18.4. The molecule has 3 aromatic rings. The second kappa shape index (κ2) is 7.69. The molecule has 0 aliphatic rings. The van der Waals surface area contributed by atoms with Crippen molar-refractivity contribution in [2.45, 2.75) is 0 Å². The summed E-state index contributed by atoms with van der Waals surface area (Å²) in [7, 11) is 1.60. The van der Waals surface area contributed by atoms with Gasteiger partial charge in [-0.2, -0.15) is 10.5 Å². The van der Waals surface area contributed by atoms with Crippen molar-refractivity contribution in [1.82, 2.24) is 4.98 Å². The van der Waals surface area contributed by atoms with Gasteiger partial charge >= 0.3 is 0 Å². The van der Waals surface area contributed by atoms with Crippen molar-refractivity contribution in [3.63, 3.8) is 0 Å². The van der Waals surface area contributed by atoms with Gasteiger partial charge in [0.25, 0.3) is 0 Å². The summed E-state index contributed by atoms with van der Waals surface area (Å²) in [5, 5.41) is 25.3. The first-order valence-electron chi connectivity index (χ1n) is 7.81. The number of anilines is 4. The molecule has 0 aliphatic heterocycles. The van der Waals surface area contributed by atoms with Gasteiger partial charge in [-0.05, 0) is 36.4 Å². The van der Waals surface area contributed by atoms with E-state index in [1.165, 1.54) is 6.20 Å². The molecule has 0 amide bonds. The third kappa shape index (κ3) is 3.55. The maximum atomic E-state index is 9.66. The number of ether oxygens (including phenoxy) is 1. The van der Waals surface area contributed by atoms with Gasteiger partial charge in [-0.3, -0.25) is 0 Å². The van der Waals surface area contributed by atoms with Gasteiger partial charge in [-0.25, -0.2) is 4.98 Å². The van der Waals surface area contributed by atoms with E-state index in [1.54, 1.807) is 19.2 Å². The Morgan fingerprint density at radius 1 is 0.885 bits per heavy atom. The number of benzene rings is 2. The Labute approximate surface area is 151 Å². The molecule has 0 unspecified atom stereocenters. The van der Waals surface area contributed by atoms with Crippen molar-refractivity contribution in [1.29, 1.82) is 10.5 Å². The van der Waals surface area contributed by atoms with Crippen LogP contribution in [0.15, 0.2) is 60.8 Å². The van der Waals surface area contributed by atoms with Gasteiger partial charge in [0, 0.05) is 17.6 Å². The fourth-order valence-corrected chi connectivity index (χ4v) is 2.41. The van der Waals surface area contributed by atoms with Crippen LogP contribution in [0, 0.1) is 22.7 Å². The normalized spacial score (nSPS) is 9.65. The predicted octanol–water partition coefficient (Wildman–Crippen LogP) is 4.32. The molecule has 0 fully saturated rings. The Kier molecular flexibility index (Phi) is 4.98. The molecule has 0 saturated heterocycles. The van der Waals surface area contributed by atoms with Crippen LogP contribution < -0.4 is 15.4 Å². The number of nitrogens with one attached hydrogen (secondary N) is 2. The number of para-hydroxylation sites is 1. The lowest BCUT2D eigenvalue weighted by Crippen LogP contribution is -2.04. The summed E-state index contributed by atoms with van der Waals surface area (Å²) in [5.41, 5.74) is 2.52. The maximum Gasteiger partial charge on any atom is 0.150 e. The van der Waals surface area contributed by atoms with Gasteiger partial charge in [-0.1, -0.05) is 18.2 Å². The van der Waals surface area contributed by atoms with E-state index in [1.807, 2.05) is 42.5 Å². The zero-order valence-electron chi connectivity index (χ0n) is 14.0. The fraction of sp³-hybridized carbons (Fsp3) is 0.0500. The third-order valence-electron chi connectivity index (χ3n) is 3.71. The van der Waals surface area contributed by atoms with Crippen LogP contribution in [0.2, 0.25) is 0 Å². The Balaban J connectivity index is 1.99. The minimum absolute atomic E-state index is 0.267. The highest BCUT2D eigenvalue weighted by Gasteiger charge is 2.15. The first kappa shape index (κ1) is 16.8. The number of aromatic nitrogens is 1. The molecular formula is C20H15N5O. The molecule has 2 N–H and O–H groups in total. The van der Waals surface area contributed by atoms with Crippen molar-refractivity contribution in [2.24, 2.45) is 0 Å². The van der Waals surface area contributed by atoms with Crippen LogP contribution in [0.25, 0.3) is 0 Å². The highest BCUT2D eigenvalue weighted by atomic mass is 16.5. The van der Waals surface area contributed by atoms with Gasteiger partial charge in [0.1, 0.15) is 23.5 Å². The van der Waals surface area contributed by atoms with E-state index in [4.69, 9.17) is 4.74 Å². The van der Waals surface area contributed by atoms with Gasteiger partial charge in [-0.15, -0.1) is 0 Å². The number of hydrogen-bond donors (Lipinski definition) is 2. The quantitative estimate of drug-likeness (QED) is 0.718. The molecule has 3 rings (SSSR count). The molecule has 0 spiro atoms. The van der Waals surface area contributed by atoms with E-state index in [0.29, 0.717) is 17.1 Å². The average Bonchev–Trinajstić information content (AvgIpc) is 2.70. The van der Waals surface area contributed by atoms with Crippen molar-refractivity contribution >= 4 is 22.9 Å². The molecule has 0 saturated carbocycles. The molecular weight excluding hydrogens is 326 g/mol. The fourth-order valence-electron chi connectivity index (χ4n) is 2.41. The van der Waals surface area contributed by atoms with Gasteiger partial charge in [0.15, 0.2) is 5.82 Å². The van der Waals surface area contributed by atoms with Gasteiger partial charge in [0.2, 0.25) is 0 Å². The van der Waals surface area contributed by atoms with Gasteiger partial charge < -0.3 is 15.4 Å². The smallest absolute Gasteiger partial charge is 0.150 e. The minimum atomic E-state index is 0.267. The molecule has 0 radical (unpaired) electrons. The molecule has 1 aromatic heterocycles. The summed E-state index contributed by atoms with van der Waals surface area (Å²) >= 11 is 0. The van der Waals surface area contributed by atoms with Crippen molar-refractivity contribution in [3.8, 4) is 17.9 Å². The van der Waals surface area contributed by atoms with Gasteiger partial charge in [0.05, 0.1) is 18.4 Å². The van der Waals surface area contributed by atoms with Crippen LogP contribution >= 0.6 is 0 Å². The van der Waals surface area contributed by atoms with E-state index < -0.39 is 0 Å². The lowest BCUT2D eigenvalue weighted by Gasteiger charge is -2.14. The van der Waals surface area contributed by atoms with E-state index in [9.17, 15) is 10.5 Å². The SMILES string of the molecule is COc1ccc(Nc2ncc(C#N)c(Nc3ccccc3)c2C#N)cc1. The van der Waals surface area contributed by atoms with Crippen LogP contribution in [0.1, 0.15) is 11.1 Å². The second-order valence-corrected chi connectivity index (χ2v) is 5.34.